The van der Waals surface area contributed by atoms with Gasteiger partial charge in [-0.15, -0.1) is 0 Å². The molecule has 0 amide bonds. The van der Waals surface area contributed by atoms with Crippen LogP contribution in [0.4, 0.5) is 0 Å². The van der Waals surface area contributed by atoms with Gasteiger partial charge in [-0.1, -0.05) is 34.1 Å². The lowest BCUT2D eigenvalue weighted by Crippen LogP contribution is -2.46. The smallest absolute Gasteiger partial charge is 0.128 e. The molecular weight excluding hydrogens is 326 g/mol. The first-order valence-electron chi connectivity index (χ1n) is 7.18. The number of rotatable bonds is 1. The van der Waals surface area contributed by atoms with Crippen molar-refractivity contribution in [1.29, 1.82) is 0 Å². The highest BCUT2D eigenvalue weighted by Crippen LogP contribution is 2.48. The lowest BCUT2D eigenvalue weighted by atomic mass is 9.78. The van der Waals surface area contributed by atoms with E-state index in [9.17, 15) is 0 Å². The number of nitrogens with two attached hydrogens (primary N) is 1. The maximum Gasteiger partial charge on any atom is 0.128 e. The third-order valence-electron chi connectivity index (χ3n) is 4.66. The number of hydrogen-bond acceptors (Lipinski definition) is 2. The van der Waals surface area contributed by atoms with Crippen LogP contribution in [0.2, 0.25) is 0 Å². The number of aryl methyl sites for hydroxylation is 2. The maximum atomic E-state index is 6.87. The van der Waals surface area contributed by atoms with Gasteiger partial charge in [0.2, 0.25) is 0 Å². The summed E-state index contributed by atoms with van der Waals surface area (Å²) in [7, 11) is 0. The SMILES string of the molecule is Cc1cc(C)c2c(c1C)OC(C)C2(N)c1ccc(Br)cc1. The summed E-state index contributed by atoms with van der Waals surface area (Å²) in [5.74, 6) is 0.963. The molecule has 2 unspecified atom stereocenters. The van der Waals surface area contributed by atoms with Gasteiger partial charge in [-0.3, -0.25) is 0 Å². The van der Waals surface area contributed by atoms with E-state index in [2.05, 4.69) is 61.8 Å². The third kappa shape index (κ3) is 2.02. The zero-order valence-electron chi connectivity index (χ0n) is 12.8. The molecule has 0 saturated carbocycles. The van der Waals surface area contributed by atoms with E-state index >= 15 is 0 Å². The average Bonchev–Trinajstić information content (AvgIpc) is 2.71. The van der Waals surface area contributed by atoms with Crippen LogP contribution >= 0.6 is 15.9 Å². The summed E-state index contributed by atoms with van der Waals surface area (Å²) in [5, 5.41) is 0. The molecule has 3 heteroatoms. The van der Waals surface area contributed by atoms with Gasteiger partial charge in [0.15, 0.2) is 0 Å². The molecule has 2 atom stereocenters. The standard InChI is InChI=1S/C18H20BrNO/c1-10-9-11(2)16-17(12(10)3)21-13(4)18(16,20)14-5-7-15(19)8-6-14/h5-9,13H,20H2,1-4H3. The van der Waals surface area contributed by atoms with Gasteiger partial charge in [0, 0.05) is 10.0 Å². The van der Waals surface area contributed by atoms with Gasteiger partial charge in [-0.25, -0.2) is 0 Å². The number of hydrogen-bond donors (Lipinski definition) is 1. The molecule has 110 valence electrons. The quantitative estimate of drug-likeness (QED) is 0.833. The second kappa shape index (κ2) is 4.85. The van der Waals surface area contributed by atoms with Crippen LogP contribution in [0.3, 0.4) is 0 Å². The Kier molecular flexibility index (Phi) is 3.38. The molecule has 0 spiro atoms. The Morgan fingerprint density at radius 2 is 1.71 bits per heavy atom. The summed E-state index contributed by atoms with van der Waals surface area (Å²) in [4.78, 5) is 0. The molecule has 1 aliphatic rings. The van der Waals surface area contributed by atoms with Gasteiger partial charge in [0.1, 0.15) is 17.4 Å². The molecule has 2 N–H and O–H groups in total. The summed E-state index contributed by atoms with van der Waals surface area (Å²) in [5.41, 5.74) is 12.1. The Labute approximate surface area is 134 Å². The molecule has 21 heavy (non-hydrogen) atoms. The topological polar surface area (TPSA) is 35.2 Å². The lowest BCUT2D eigenvalue weighted by Gasteiger charge is -2.29. The largest absolute Gasteiger partial charge is 0.487 e. The van der Waals surface area contributed by atoms with E-state index < -0.39 is 5.54 Å². The van der Waals surface area contributed by atoms with Crippen molar-refractivity contribution in [2.45, 2.75) is 39.3 Å². The monoisotopic (exact) mass is 345 g/mol. The Morgan fingerprint density at radius 3 is 2.33 bits per heavy atom. The van der Waals surface area contributed by atoms with Crippen LogP contribution in [-0.2, 0) is 5.54 Å². The number of ether oxygens (including phenoxy) is 1. The molecule has 2 aromatic rings. The van der Waals surface area contributed by atoms with Crippen LogP contribution in [0.15, 0.2) is 34.8 Å². The minimum atomic E-state index is -0.599. The zero-order valence-corrected chi connectivity index (χ0v) is 14.4. The van der Waals surface area contributed by atoms with Crippen LogP contribution in [0, 0.1) is 20.8 Å². The van der Waals surface area contributed by atoms with Crippen molar-refractivity contribution in [3.05, 3.63) is 62.6 Å². The van der Waals surface area contributed by atoms with Crippen LogP contribution < -0.4 is 10.5 Å². The van der Waals surface area contributed by atoms with Crippen molar-refractivity contribution in [3.8, 4) is 5.75 Å². The van der Waals surface area contributed by atoms with Crippen molar-refractivity contribution < 1.29 is 4.74 Å². The molecular formula is C18H20BrNO. The summed E-state index contributed by atoms with van der Waals surface area (Å²) in [6.07, 6.45) is -0.0899. The maximum absolute atomic E-state index is 6.87. The second-order valence-electron chi connectivity index (χ2n) is 5.98. The van der Waals surface area contributed by atoms with E-state index in [4.69, 9.17) is 10.5 Å². The Hall–Kier alpha value is -1.32. The highest BCUT2D eigenvalue weighted by atomic mass is 79.9. The van der Waals surface area contributed by atoms with Gasteiger partial charge in [0.25, 0.3) is 0 Å². The van der Waals surface area contributed by atoms with Crippen molar-refractivity contribution in [2.75, 3.05) is 0 Å². The third-order valence-corrected chi connectivity index (χ3v) is 5.19. The van der Waals surface area contributed by atoms with Gasteiger partial charge < -0.3 is 10.5 Å². The first kappa shape index (κ1) is 14.6. The van der Waals surface area contributed by atoms with E-state index in [0.717, 1.165) is 21.3 Å². The lowest BCUT2D eigenvalue weighted by molar-refractivity contribution is 0.189. The fourth-order valence-electron chi connectivity index (χ4n) is 3.29. The predicted octanol–water partition coefficient (Wildman–Crippen LogP) is 4.36. The van der Waals surface area contributed by atoms with E-state index in [1.807, 2.05) is 12.1 Å². The molecule has 0 fully saturated rings. The normalized spacial score (nSPS) is 23.8. The molecule has 0 saturated heterocycles. The van der Waals surface area contributed by atoms with Gasteiger partial charge in [0.05, 0.1) is 0 Å². The fourth-order valence-corrected chi connectivity index (χ4v) is 3.55. The fraction of sp³-hybridized carbons (Fsp3) is 0.333. The summed E-state index contributed by atoms with van der Waals surface area (Å²) >= 11 is 3.48. The molecule has 3 rings (SSSR count). The minimum absolute atomic E-state index is 0.0899. The summed E-state index contributed by atoms with van der Waals surface area (Å²) in [6, 6.07) is 10.4. The minimum Gasteiger partial charge on any atom is -0.487 e. The first-order valence-corrected chi connectivity index (χ1v) is 7.98. The van der Waals surface area contributed by atoms with Crippen molar-refractivity contribution in [1.82, 2.24) is 0 Å². The molecule has 0 radical (unpaired) electrons. The number of halogens is 1. The molecule has 0 aliphatic carbocycles. The van der Waals surface area contributed by atoms with Crippen molar-refractivity contribution in [2.24, 2.45) is 5.73 Å². The van der Waals surface area contributed by atoms with Crippen LogP contribution in [0.1, 0.15) is 34.7 Å². The van der Waals surface area contributed by atoms with Crippen molar-refractivity contribution in [3.63, 3.8) is 0 Å². The van der Waals surface area contributed by atoms with Crippen molar-refractivity contribution >= 4 is 15.9 Å². The number of benzene rings is 2. The van der Waals surface area contributed by atoms with Gasteiger partial charge in [-0.2, -0.15) is 0 Å². The Morgan fingerprint density at radius 1 is 1.10 bits per heavy atom. The molecule has 0 bridgehead atoms. The molecule has 0 aromatic heterocycles. The molecule has 1 aliphatic heterocycles. The van der Waals surface area contributed by atoms with E-state index in [0.29, 0.717) is 0 Å². The van der Waals surface area contributed by atoms with E-state index in [1.165, 1.54) is 16.7 Å². The average molecular weight is 346 g/mol. The van der Waals surface area contributed by atoms with Crippen LogP contribution in [-0.4, -0.2) is 6.10 Å². The Balaban J connectivity index is 2.27. The summed E-state index contributed by atoms with van der Waals surface area (Å²) < 4.78 is 7.22. The highest BCUT2D eigenvalue weighted by Gasteiger charge is 2.46. The molecule has 2 aromatic carbocycles. The van der Waals surface area contributed by atoms with Crippen LogP contribution in [0.5, 0.6) is 5.75 Å². The summed E-state index contributed by atoms with van der Waals surface area (Å²) in [6.45, 7) is 8.39. The van der Waals surface area contributed by atoms with Gasteiger partial charge in [-0.05, 0) is 62.1 Å². The first-order chi connectivity index (χ1) is 9.85. The number of fused-ring (bicyclic) bond motifs is 1. The zero-order chi connectivity index (χ0) is 15.4. The second-order valence-corrected chi connectivity index (χ2v) is 6.89. The van der Waals surface area contributed by atoms with Crippen LogP contribution in [0.25, 0.3) is 0 Å². The molecule has 2 nitrogen and oxygen atoms in total. The van der Waals surface area contributed by atoms with Gasteiger partial charge >= 0.3 is 0 Å². The van der Waals surface area contributed by atoms with E-state index in [1.54, 1.807) is 0 Å². The highest BCUT2D eigenvalue weighted by molar-refractivity contribution is 9.10. The van der Waals surface area contributed by atoms with E-state index in [-0.39, 0.29) is 6.10 Å². The Bertz CT molecular complexity index is 708. The molecule has 1 heterocycles. The predicted molar refractivity (Wildman–Crippen MR) is 89.9 cm³/mol.